The van der Waals surface area contributed by atoms with Gasteiger partial charge < -0.3 is 4.74 Å². The fourth-order valence-corrected chi connectivity index (χ4v) is 1.04. The van der Waals surface area contributed by atoms with Crippen LogP contribution in [-0.2, 0) is 15.7 Å². The highest BCUT2D eigenvalue weighted by atomic mass is 19.4. The van der Waals surface area contributed by atoms with Crippen molar-refractivity contribution in [3.63, 3.8) is 0 Å². The van der Waals surface area contributed by atoms with Gasteiger partial charge >= 0.3 is 12.1 Å². The van der Waals surface area contributed by atoms with Crippen LogP contribution in [0.3, 0.4) is 0 Å². The molecule has 0 radical (unpaired) electrons. The lowest BCUT2D eigenvalue weighted by molar-refractivity contribution is -0.138. The van der Waals surface area contributed by atoms with Gasteiger partial charge in [-0.25, -0.2) is 9.18 Å². The van der Waals surface area contributed by atoms with Gasteiger partial charge in [0.25, 0.3) is 0 Å². The van der Waals surface area contributed by atoms with Crippen molar-refractivity contribution < 1.29 is 27.1 Å². The van der Waals surface area contributed by atoms with E-state index >= 15 is 0 Å². The number of carbonyl (C=O) groups excluding carboxylic acids is 1. The standard InChI is InChI=1S/C11H6F4O2/c1-17-10(16)5-2-7-6-8(12)3-4-9(7)11(13,14)15/h3-4,6H,1H3. The van der Waals surface area contributed by atoms with E-state index in [1.807, 2.05) is 11.8 Å². The Labute approximate surface area is 94.2 Å². The van der Waals surface area contributed by atoms with Crippen molar-refractivity contribution in [1.82, 2.24) is 0 Å². The third kappa shape index (κ3) is 3.48. The van der Waals surface area contributed by atoms with E-state index in [-0.39, 0.29) is 0 Å². The Kier molecular flexibility index (Phi) is 3.73. The summed E-state index contributed by atoms with van der Waals surface area (Å²) in [6.07, 6.45) is -4.66. The van der Waals surface area contributed by atoms with E-state index in [2.05, 4.69) is 4.74 Å². The summed E-state index contributed by atoms with van der Waals surface area (Å²) in [5.74, 6) is 1.87. The van der Waals surface area contributed by atoms with Crippen LogP contribution in [0.15, 0.2) is 18.2 Å². The molecule has 0 unspecified atom stereocenters. The zero-order valence-corrected chi connectivity index (χ0v) is 8.56. The Morgan fingerprint density at radius 2 is 2.00 bits per heavy atom. The first-order valence-electron chi connectivity index (χ1n) is 4.31. The van der Waals surface area contributed by atoms with Gasteiger partial charge in [-0.2, -0.15) is 13.2 Å². The summed E-state index contributed by atoms with van der Waals surface area (Å²) in [4.78, 5) is 10.7. The van der Waals surface area contributed by atoms with E-state index < -0.39 is 29.1 Å². The summed E-state index contributed by atoms with van der Waals surface area (Å²) < 4.78 is 54.4. The van der Waals surface area contributed by atoms with Crippen LogP contribution in [0.2, 0.25) is 0 Å². The number of alkyl halides is 3. The highest BCUT2D eigenvalue weighted by Gasteiger charge is 2.33. The molecule has 0 aliphatic rings. The van der Waals surface area contributed by atoms with Crippen LogP contribution in [0, 0.1) is 17.7 Å². The zero-order chi connectivity index (χ0) is 13.1. The number of hydrogen-bond donors (Lipinski definition) is 0. The van der Waals surface area contributed by atoms with E-state index in [0.29, 0.717) is 18.2 Å². The van der Waals surface area contributed by atoms with Gasteiger partial charge in [0.15, 0.2) is 0 Å². The van der Waals surface area contributed by atoms with Gasteiger partial charge in [-0.05, 0) is 18.2 Å². The molecule has 1 aromatic rings. The van der Waals surface area contributed by atoms with Crippen LogP contribution in [0.1, 0.15) is 11.1 Å². The minimum Gasteiger partial charge on any atom is -0.459 e. The third-order valence-electron chi connectivity index (χ3n) is 1.77. The van der Waals surface area contributed by atoms with E-state index in [1.54, 1.807) is 0 Å². The number of benzene rings is 1. The number of ether oxygens (including phenoxy) is 1. The zero-order valence-electron chi connectivity index (χ0n) is 8.56. The average Bonchev–Trinajstić information content (AvgIpc) is 2.24. The smallest absolute Gasteiger partial charge is 0.417 e. The van der Waals surface area contributed by atoms with Crippen LogP contribution in [0.5, 0.6) is 0 Å². The molecule has 0 aliphatic heterocycles. The van der Waals surface area contributed by atoms with Crippen LogP contribution >= 0.6 is 0 Å². The van der Waals surface area contributed by atoms with Crippen LogP contribution in [-0.4, -0.2) is 13.1 Å². The topological polar surface area (TPSA) is 26.3 Å². The summed E-state index contributed by atoms with van der Waals surface area (Å²) in [5, 5.41) is 0. The Morgan fingerprint density at radius 1 is 1.35 bits per heavy atom. The molecule has 6 heteroatoms. The van der Waals surface area contributed by atoms with Gasteiger partial charge in [0, 0.05) is 11.5 Å². The Morgan fingerprint density at radius 3 is 2.53 bits per heavy atom. The molecule has 17 heavy (non-hydrogen) atoms. The van der Waals surface area contributed by atoms with Crippen molar-refractivity contribution in [2.45, 2.75) is 6.18 Å². The normalized spacial score (nSPS) is 10.4. The van der Waals surface area contributed by atoms with E-state index in [0.717, 1.165) is 7.11 Å². The molecular formula is C11H6F4O2. The number of esters is 1. The molecule has 0 N–H and O–H groups in total. The molecule has 2 nitrogen and oxygen atoms in total. The summed E-state index contributed by atoms with van der Waals surface area (Å²) in [6.45, 7) is 0. The van der Waals surface area contributed by atoms with Crippen LogP contribution in [0.4, 0.5) is 17.6 Å². The molecule has 0 amide bonds. The molecule has 0 saturated carbocycles. The fraction of sp³-hybridized carbons (Fsp3) is 0.182. The largest absolute Gasteiger partial charge is 0.459 e. The third-order valence-corrected chi connectivity index (χ3v) is 1.77. The predicted octanol–water partition coefficient (Wildman–Crippen LogP) is 2.37. The summed E-state index contributed by atoms with van der Waals surface area (Å²) in [5.41, 5.74) is -1.71. The Balaban J connectivity index is 3.24. The SMILES string of the molecule is COC(=O)C#Cc1cc(F)ccc1C(F)(F)F. The lowest BCUT2D eigenvalue weighted by Crippen LogP contribution is -2.08. The number of halogens is 4. The van der Waals surface area contributed by atoms with E-state index in [4.69, 9.17) is 0 Å². The summed E-state index contributed by atoms with van der Waals surface area (Å²) >= 11 is 0. The van der Waals surface area contributed by atoms with Crippen molar-refractivity contribution in [3.05, 3.63) is 35.1 Å². The second-order valence-electron chi connectivity index (χ2n) is 2.93. The molecule has 0 spiro atoms. The first-order chi connectivity index (χ1) is 7.84. The minimum absolute atomic E-state index is 0.566. The molecule has 0 aromatic heterocycles. The van der Waals surface area contributed by atoms with Gasteiger partial charge in [-0.3, -0.25) is 0 Å². The monoisotopic (exact) mass is 246 g/mol. The fourth-order valence-electron chi connectivity index (χ4n) is 1.04. The molecular weight excluding hydrogens is 240 g/mol. The van der Waals surface area contributed by atoms with Gasteiger partial charge in [0.2, 0.25) is 0 Å². The molecule has 0 aliphatic carbocycles. The quantitative estimate of drug-likeness (QED) is 0.399. The number of hydrogen-bond acceptors (Lipinski definition) is 2. The molecule has 1 rings (SSSR count). The molecule has 0 saturated heterocycles. The summed E-state index contributed by atoms with van der Waals surface area (Å²) in [6, 6.07) is 1.85. The Hall–Kier alpha value is -2.03. The van der Waals surface area contributed by atoms with Crippen molar-refractivity contribution in [2.75, 3.05) is 7.11 Å². The van der Waals surface area contributed by atoms with E-state index in [1.165, 1.54) is 0 Å². The van der Waals surface area contributed by atoms with Crippen LogP contribution < -0.4 is 0 Å². The first-order valence-corrected chi connectivity index (χ1v) is 4.31. The highest BCUT2D eigenvalue weighted by Crippen LogP contribution is 2.31. The van der Waals surface area contributed by atoms with Crippen molar-refractivity contribution in [2.24, 2.45) is 0 Å². The maximum Gasteiger partial charge on any atom is 0.417 e. The molecule has 90 valence electrons. The number of methoxy groups -OCH3 is 1. The van der Waals surface area contributed by atoms with Crippen molar-refractivity contribution >= 4 is 5.97 Å². The van der Waals surface area contributed by atoms with Gasteiger partial charge in [0.05, 0.1) is 12.7 Å². The molecule has 0 fully saturated rings. The lowest BCUT2D eigenvalue weighted by Gasteiger charge is -2.08. The summed E-state index contributed by atoms with van der Waals surface area (Å²) in [7, 11) is 1.03. The molecule has 0 atom stereocenters. The van der Waals surface area contributed by atoms with Gasteiger partial charge in [0.1, 0.15) is 5.82 Å². The average molecular weight is 246 g/mol. The van der Waals surface area contributed by atoms with Crippen LogP contribution in [0.25, 0.3) is 0 Å². The second-order valence-corrected chi connectivity index (χ2v) is 2.93. The van der Waals surface area contributed by atoms with E-state index in [9.17, 15) is 22.4 Å². The number of carbonyl (C=O) groups is 1. The maximum absolute atomic E-state index is 12.8. The minimum atomic E-state index is -4.66. The first kappa shape index (κ1) is 13.0. The maximum atomic E-state index is 12.8. The predicted molar refractivity (Wildman–Crippen MR) is 50.3 cm³/mol. The van der Waals surface area contributed by atoms with Crippen molar-refractivity contribution in [3.8, 4) is 11.8 Å². The highest BCUT2D eigenvalue weighted by molar-refractivity contribution is 5.89. The molecule has 0 bridgehead atoms. The number of rotatable bonds is 0. The molecule has 1 aromatic carbocycles. The Bertz CT molecular complexity index is 494. The lowest BCUT2D eigenvalue weighted by atomic mass is 10.1. The van der Waals surface area contributed by atoms with Crippen molar-refractivity contribution in [1.29, 1.82) is 0 Å². The van der Waals surface area contributed by atoms with Gasteiger partial charge in [-0.15, -0.1) is 0 Å². The molecule has 0 heterocycles. The van der Waals surface area contributed by atoms with Gasteiger partial charge in [-0.1, -0.05) is 5.92 Å². The second kappa shape index (κ2) is 4.87.